The van der Waals surface area contributed by atoms with E-state index in [0.29, 0.717) is 37.0 Å². The molecule has 0 unspecified atom stereocenters. The topological polar surface area (TPSA) is 106 Å². The molecule has 1 aliphatic heterocycles. The minimum absolute atomic E-state index is 0.0808. The zero-order valence-corrected chi connectivity index (χ0v) is 16.5. The molecule has 0 bridgehead atoms. The fourth-order valence-electron chi connectivity index (χ4n) is 3.29. The van der Waals surface area contributed by atoms with Crippen LogP contribution in [0, 0.1) is 11.3 Å². The molecule has 30 heavy (non-hydrogen) atoms. The van der Waals surface area contributed by atoms with E-state index in [9.17, 15) is 5.26 Å². The number of anilines is 2. The van der Waals surface area contributed by atoms with Crippen molar-refractivity contribution in [3.63, 3.8) is 0 Å². The van der Waals surface area contributed by atoms with Gasteiger partial charge in [0.05, 0.1) is 24.5 Å². The molecule has 0 saturated carbocycles. The van der Waals surface area contributed by atoms with Gasteiger partial charge in [0.1, 0.15) is 17.9 Å². The number of aromatic nitrogens is 2. The highest BCUT2D eigenvalue weighted by molar-refractivity contribution is 5.65. The van der Waals surface area contributed by atoms with Gasteiger partial charge in [0.25, 0.3) is 0 Å². The summed E-state index contributed by atoms with van der Waals surface area (Å²) in [4.78, 5) is 8.88. The Bertz CT molecular complexity index is 1040. The Morgan fingerprint density at radius 2 is 1.93 bits per heavy atom. The van der Waals surface area contributed by atoms with Gasteiger partial charge in [0, 0.05) is 36.8 Å². The van der Waals surface area contributed by atoms with Crippen LogP contribution in [0.5, 0.6) is 5.75 Å². The molecule has 2 heterocycles. The van der Waals surface area contributed by atoms with E-state index in [1.54, 1.807) is 12.3 Å². The number of benzene rings is 2. The highest BCUT2D eigenvalue weighted by atomic mass is 16.5. The van der Waals surface area contributed by atoms with Crippen molar-refractivity contribution < 1.29 is 9.47 Å². The summed E-state index contributed by atoms with van der Waals surface area (Å²) in [6, 6.07) is 17.4. The number of hydrogen-bond donors (Lipinski definition) is 2. The average Bonchev–Trinajstić information content (AvgIpc) is 2.81. The van der Waals surface area contributed by atoms with E-state index in [-0.39, 0.29) is 6.10 Å². The molecule has 0 aliphatic carbocycles. The first kappa shape index (κ1) is 19.8. The maximum Gasteiger partial charge on any atom is 0.227 e. The molecule has 7 heteroatoms. The van der Waals surface area contributed by atoms with Gasteiger partial charge in [-0.25, -0.2) is 9.97 Å². The molecule has 1 fully saturated rings. The van der Waals surface area contributed by atoms with Crippen LogP contribution < -0.4 is 15.8 Å². The average molecular weight is 401 g/mol. The van der Waals surface area contributed by atoms with Crippen LogP contribution >= 0.6 is 0 Å². The van der Waals surface area contributed by atoms with Gasteiger partial charge >= 0.3 is 0 Å². The van der Waals surface area contributed by atoms with E-state index in [0.717, 1.165) is 35.3 Å². The first-order chi connectivity index (χ1) is 14.7. The molecule has 0 radical (unpaired) electrons. The minimum atomic E-state index is 0.0808. The Labute approximate surface area is 175 Å². The predicted molar refractivity (Wildman–Crippen MR) is 114 cm³/mol. The van der Waals surface area contributed by atoms with E-state index < -0.39 is 0 Å². The molecule has 1 saturated heterocycles. The maximum absolute atomic E-state index is 9.60. The summed E-state index contributed by atoms with van der Waals surface area (Å²) in [5.41, 5.74) is 9.62. The number of ether oxygens (including phenoxy) is 2. The van der Waals surface area contributed by atoms with Gasteiger partial charge in [0.2, 0.25) is 5.95 Å². The second-order valence-electron chi connectivity index (χ2n) is 7.04. The van der Waals surface area contributed by atoms with Gasteiger partial charge < -0.3 is 20.5 Å². The van der Waals surface area contributed by atoms with Crippen molar-refractivity contribution in [2.75, 3.05) is 18.5 Å². The van der Waals surface area contributed by atoms with E-state index in [1.165, 1.54) is 0 Å². The van der Waals surface area contributed by atoms with Crippen LogP contribution in [0.4, 0.5) is 11.6 Å². The van der Waals surface area contributed by atoms with Crippen molar-refractivity contribution in [3.8, 4) is 23.1 Å². The van der Waals surface area contributed by atoms with Crippen LogP contribution in [0.15, 0.2) is 54.7 Å². The van der Waals surface area contributed by atoms with E-state index in [2.05, 4.69) is 21.4 Å². The van der Waals surface area contributed by atoms with Gasteiger partial charge in [-0.3, -0.25) is 0 Å². The van der Waals surface area contributed by atoms with Crippen LogP contribution in [-0.4, -0.2) is 29.3 Å². The van der Waals surface area contributed by atoms with Crippen LogP contribution in [-0.2, 0) is 11.3 Å². The van der Waals surface area contributed by atoms with Crippen molar-refractivity contribution >= 4 is 11.6 Å². The molecule has 2 aromatic carbocycles. The van der Waals surface area contributed by atoms with Crippen molar-refractivity contribution in [1.29, 1.82) is 5.26 Å². The van der Waals surface area contributed by atoms with E-state index >= 15 is 0 Å². The number of nitriles is 1. The number of hydrogen-bond acceptors (Lipinski definition) is 7. The highest BCUT2D eigenvalue weighted by Gasteiger charge is 2.17. The van der Waals surface area contributed by atoms with Gasteiger partial charge in [0.15, 0.2) is 0 Å². The van der Waals surface area contributed by atoms with Gasteiger partial charge in [-0.2, -0.15) is 5.26 Å². The summed E-state index contributed by atoms with van der Waals surface area (Å²) in [5.74, 6) is 1.08. The smallest absolute Gasteiger partial charge is 0.227 e. The molecular weight excluding hydrogens is 378 g/mol. The van der Waals surface area contributed by atoms with Crippen molar-refractivity contribution in [1.82, 2.24) is 9.97 Å². The third kappa shape index (κ3) is 4.74. The molecule has 1 aromatic heterocycles. The standard InChI is InChI=1S/C23H23N5O2/c24-14-16-1-4-19(5-2-16)27-23-26-10-7-21(28-23)17-3-6-22(18(13-17)15-25)30-20-8-11-29-12-9-20/h1-7,10,13,20H,8-9,11-12,14,24H2,(H,26,27,28). The van der Waals surface area contributed by atoms with Crippen LogP contribution in [0.25, 0.3) is 11.3 Å². The highest BCUT2D eigenvalue weighted by Crippen LogP contribution is 2.28. The lowest BCUT2D eigenvalue weighted by molar-refractivity contribution is 0.0254. The molecule has 1 aliphatic rings. The Hall–Kier alpha value is -3.47. The Morgan fingerprint density at radius 1 is 1.13 bits per heavy atom. The largest absolute Gasteiger partial charge is 0.489 e. The number of nitrogens with zero attached hydrogens (tertiary/aromatic N) is 3. The van der Waals surface area contributed by atoms with Crippen LogP contribution in [0.3, 0.4) is 0 Å². The number of nitrogens with one attached hydrogen (secondary N) is 1. The van der Waals surface area contributed by atoms with Crippen molar-refractivity contribution in [3.05, 3.63) is 65.9 Å². The van der Waals surface area contributed by atoms with E-state index in [1.807, 2.05) is 42.5 Å². The minimum Gasteiger partial charge on any atom is -0.489 e. The maximum atomic E-state index is 9.60. The van der Waals surface area contributed by atoms with Crippen molar-refractivity contribution in [2.45, 2.75) is 25.5 Å². The first-order valence-corrected chi connectivity index (χ1v) is 9.93. The summed E-state index contributed by atoms with van der Waals surface area (Å²) in [5, 5.41) is 12.8. The lowest BCUT2D eigenvalue weighted by Gasteiger charge is -2.23. The fraction of sp³-hybridized carbons (Fsp3) is 0.261. The van der Waals surface area contributed by atoms with Crippen LogP contribution in [0.1, 0.15) is 24.0 Å². The Morgan fingerprint density at radius 3 is 2.67 bits per heavy atom. The number of rotatable bonds is 6. The van der Waals surface area contributed by atoms with Gasteiger partial charge in [-0.15, -0.1) is 0 Å². The summed E-state index contributed by atoms with van der Waals surface area (Å²) >= 11 is 0. The molecule has 152 valence electrons. The zero-order valence-electron chi connectivity index (χ0n) is 16.5. The van der Waals surface area contributed by atoms with Crippen LogP contribution in [0.2, 0.25) is 0 Å². The Balaban J connectivity index is 1.53. The third-order valence-electron chi connectivity index (χ3n) is 4.96. The SMILES string of the molecule is N#Cc1cc(-c2ccnc(Nc3ccc(CN)cc3)n2)ccc1OC1CCOCC1. The second-order valence-corrected chi connectivity index (χ2v) is 7.04. The molecule has 7 nitrogen and oxygen atoms in total. The summed E-state index contributed by atoms with van der Waals surface area (Å²) in [6.45, 7) is 1.88. The quantitative estimate of drug-likeness (QED) is 0.647. The molecule has 3 aromatic rings. The predicted octanol–water partition coefficient (Wildman–Crippen LogP) is 3.78. The molecular formula is C23H23N5O2. The number of nitrogens with two attached hydrogens (primary N) is 1. The second kappa shape index (κ2) is 9.35. The lowest BCUT2D eigenvalue weighted by Crippen LogP contribution is -2.26. The fourth-order valence-corrected chi connectivity index (χ4v) is 3.29. The molecule has 0 atom stereocenters. The molecule has 0 amide bonds. The molecule has 3 N–H and O–H groups in total. The molecule has 4 rings (SSSR count). The summed E-state index contributed by atoms with van der Waals surface area (Å²) in [6.07, 6.45) is 3.44. The third-order valence-corrected chi connectivity index (χ3v) is 4.96. The Kier molecular flexibility index (Phi) is 6.18. The lowest BCUT2D eigenvalue weighted by atomic mass is 10.1. The zero-order chi connectivity index (χ0) is 20.8. The summed E-state index contributed by atoms with van der Waals surface area (Å²) in [7, 11) is 0. The van der Waals surface area contributed by atoms with Gasteiger partial charge in [-0.05, 0) is 42.0 Å². The summed E-state index contributed by atoms with van der Waals surface area (Å²) < 4.78 is 11.4. The monoisotopic (exact) mass is 401 g/mol. The normalized spacial score (nSPS) is 14.1. The van der Waals surface area contributed by atoms with E-state index in [4.69, 9.17) is 15.2 Å². The first-order valence-electron chi connectivity index (χ1n) is 9.93. The van der Waals surface area contributed by atoms with Gasteiger partial charge in [-0.1, -0.05) is 12.1 Å². The molecule has 0 spiro atoms. The van der Waals surface area contributed by atoms with Crippen molar-refractivity contribution in [2.24, 2.45) is 5.73 Å².